The number of carbonyl (C=O) groups excluding carboxylic acids is 2. The number of rotatable bonds is 3. The number of nitrogens with zero attached hydrogens (tertiary/aromatic N) is 3. The van der Waals surface area contributed by atoms with Gasteiger partial charge in [-0.05, 0) is 43.7 Å². The van der Waals surface area contributed by atoms with E-state index in [1.165, 1.54) is 30.7 Å². The molecule has 140 valence electrons. The summed E-state index contributed by atoms with van der Waals surface area (Å²) in [6, 6.07) is 5.68. The molecule has 7 nitrogen and oxygen atoms in total. The van der Waals surface area contributed by atoms with Crippen molar-refractivity contribution in [1.29, 1.82) is 0 Å². The zero-order valence-corrected chi connectivity index (χ0v) is 15.1. The summed E-state index contributed by atoms with van der Waals surface area (Å²) in [6.07, 6.45) is 3.63. The van der Waals surface area contributed by atoms with E-state index in [1.807, 2.05) is 4.90 Å². The quantitative estimate of drug-likeness (QED) is 0.613. The Hall–Kier alpha value is -2.44. The fourth-order valence-electron chi connectivity index (χ4n) is 3.89. The summed E-state index contributed by atoms with van der Waals surface area (Å²) in [4.78, 5) is 39.2. The molecule has 1 atom stereocenters. The van der Waals surface area contributed by atoms with Gasteiger partial charge in [-0.25, -0.2) is 0 Å². The average Bonchev–Trinajstić information content (AvgIpc) is 2.67. The lowest BCUT2D eigenvalue weighted by Crippen LogP contribution is -2.47. The van der Waals surface area contributed by atoms with E-state index in [-0.39, 0.29) is 23.4 Å². The molecule has 0 aliphatic carbocycles. The van der Waals surface area contributed by atoms with Gasteiger partial charge in [0, 0.05) is 49.8 Å². The summed E-state index contributed by atoms with van der Waals surface area (Å²) >= 11 is 0. The summed E-state index contributed by atoms with van der Waals surface area (Å²) in [5.41, 5.74) is 0.423. The van der Waals surface area contributed by atoms with E-state index < -0.39 is 4.92 Å². The lowest BCUT2D eigenvalue weighted by atomic mass is 9.92. The van der Waals surface area contributed by atoms with Crippen LogP contribution in [0.4, 0.5) is 5.69 Å². The molecule has 2 amide bonds. The van der Waals surface area contributed by atoms with Gasteiger partial charge in [-0.3, -0.25) is 19.7 Å². The Labute approximate surface area is 153 Å². The van der Waals surface area contributed by atoms with Crippen molar-refractivity contribution in [1.82, 2.24) is 9.80 Å². The number of hydrogen-bond acceptors (Lipinski definition) is 4. The molecule has 2 aliphatic rings. The maximum Gasteiger partial charge on any atom is 0.269 e. The standard InChI is InChI=1S/C19H25N3O4/c1-14-3-2-10-21(13-14)19(24)16-8-11-20(12-9-16)18(23)15-4-6-17(7-5-15)22(25)26/h4-7,14,16H,2-3,8-13H2,1H3. The molecule has 0 spiro atoms. The Bertz CT molecular complexity index is 681. The molecule has 1 aromatic rings. The minimum atomic E-state index is -0.479. The summed E-state index contributed by atoms with van der Waals surface area (Å²) in [5.74, 6) is 0.675. The number of hydrogen-bond donors (Lipinski definition) is 0. The predicted molar refractivity (Wildman–Crippen MR) is 96.7 cm³/mol. The van der Waals surface area contributed by atoms with Gasteiger partial charge in [0.1, 0.15) is 0 Å². The lowest BCUT2D eigenvalue weighted by molar-refractivity contribution is -0.384. The van der Waals surface area contributed by atoms with Gasteiger partial charge in [-0.1, -0.05) is 6.92 Å². The Morgan fingerprint density at radius 3 is 2.27 bits per heavy atom. The van der Waals surface area contributed by atoms with Crippen molar-refractivity contribution in [2.24, 2.45) is 11.8 Å². The molecule has 2 aliphatic heterocycles. The number of nitro groups is 1. The highest BCUT2D eigenvalue weighted by Gasteiger charge is 2.32. The van der Waals surface area contributed by atoms with Crippen LogP contribution in [0.1, 0.15) is 43.0 Å². The van der Waals surface area contributed by atoms with Crippen molar-refractivity contribution in [2.75, 3.05) is 26.2 Å². The number of carbonyl (C=O) groups is 2. The van der Waals surface area contributed by atoms with Crippen LogP contribution < -0.4 is 0 Å². The van der Waals surface area contributed by atoms with Crippen LogP contribution >= 0.6 is 0 Å². The van der Waals surface area contributed by atoms with Crippen LogP contribution in [0.2, 0.25) is 0 Å². The van der Waals surface area contributed by atoms with Gasteiger partial charge >= 0.3 is 0 Å². The van der Waals surface area contributed by atoms with E-state index in [0.717, 1.165) is 19.5 Å². The topological polar surface area (TPSA) is 83.8 Å². The molecule has 0 bridgehead atoms. The highest BCUT2D eigenvalue weighted by molar-refractivity contribution is 5.94. The van der Waals surface area contributed by atoms with Crippen LogP contribution in [-0.2, 0) is 4.79 Å². The van der Waals surface area contributed by atoms with Gasteiger partial charge in [0.05, 0.1) is 4.92 Å². The smallest absolute Gasteiger partial charge is 0.269 e. The molecule has 26 heavy (non-hydrogen) atoms. The Kier molecular flexibility index (Phi) is 5.54. The van der Waals surface area contributed by atoms with Crippen molar-refractivity contribution in [3.8, 4) is 0 Å². The number of likely N-dealkylation sites (tertiary alicyclic amines) is 2. The van der Waals surface area contributed by atoms with E-state index in [9.17, 15) is 19.7 Å². The third-order valence-electron chi connectivity index (χ3n) is 5.43. The summed E-state index contributed by atoms with van der Waals surface area (Å²) < 4.78 is 0. The monoisotopic (exact) mass is 359 g/mol. The Morgan fingerprint density at radius 1 is 1.04 bits per heavy atom. The first-order valence-electron chi connectivity index (χ1n) is 9.28. The van der Waals surface area contributed by atoms with Gasteiger partial charge in [-0.2, -0.15) is 0 Å². The largest absolute Gasteiger partial charge is 0.342 e. The third-order valence-corrected chi connectivity index (χ3v) is 5.43. The normalized spacial score (nSPS) is 21.5. The Balaban J connectivity index is 1.55. The first-order valence-corrected chi connectivity index (χ1v) is 9.28. The van der Waals surface area contributed by atoms with Crippen LogP contribution in [-0.4, -0.2) is 52.7 Å². The zero-order valence-electron chi connectivity index (χ0n) is 15.1. The van der Waals surface area contributed by atoms with Crippen LogP contribution in [0.15, 0.2) is 24.3 Å². The maximum absolute atomic E-state index is 12.7. The highest BCUT2D eigenvalue weighted by atomic mass is 16.6. The average molecular weight is 359 g/mol. The maximum atomic E-state index is 12.7. The van der Waals surface area contributed by atoms with Crippen LogP contribution in [0.25, 0.3) is 0 Å². The van der Waals surface area contributed by atoms with Gasteiger partial charge in [-0.15, -0.1) is 0 Å². The molecule has 2 fully saturated rings. The summed E-state index contributed by atoms with van der Waals surface area (Å²) in [7, 11) is 0. The second-order valence-corrected chi connectivity index (χ2v) is 7.40. The summed E-state index contributed by atoms with van der Waals surface area (Å²) in [6.45, 7) is 4.99. The van der Waals surface area contributed by atoms with Crippen LogP contribution in [0.3, 0.4) is 0 Å². The van der Waals surface area contributed by atoms with Gasteiger partial charge in [0.15, 0.2) is 0 Å². The molecule has 1 unspecified atom stereocenters. The molecule has 2 saturated heterocycles. The van der Waals surface area contributed by atoms with Crippen molar-refractivity contribution in [3.05, 3.63) is 39.9 Å². The van der Waals surface area contributed by atoms with Crippen LogP contribution in [0, 0.1) is 22.0 Å². The SMILES string of the molecule is CC1CCCN(C(=O)C2CCN(C(=O)c3ccc([N+](=O)[O-])cc3)CC2)C1. The fraction of sp³-hybridized carbons (Fsp3) is 0.579. The second kappa shape index (κ2) is 7.85. The van der Waals surface area contributed by atoms with E-state index >= 15 is 0 Å². The molecule has 0 radical (unpaired) electrons. The van der Waals surface area contributed by atoms with Crippen molar-refractivity contribution < 1.29 is 14.5 Å². The van der Waals surface area contributed by atoms with Crippen molar-refractivity contribution in [3.63, 3.8) is 0 Å². The van der Waals surface area contributed by atoms with Gasteiger partial charge < -0.3 is 9.80 Å². The van der Waals surface area contributed by atoms with Crippen molar-refractivity contribution >= 4 is 17.5 Å². The van der Waals surface area contributed by atoms with Crippen molar-refractivity contribution in [2.45, 2.75) is 32.6 Å². The molecule has 3 rings (SSSR count). The molecule has 1 aromatic carbocycles. The lowest BCUT2D eigenvalue weighted by Gasteiger charge is -2.37. The van der Waals surface area contributed by atoms with E-state index in [2.05, 4.69) is 6.92 Å². The highest BCUT2D eigenvalue weighted by Crippen LogP contribution is 2.24. The molecular weight excluding hydrogens is 334 g/mol. The number of piperidine rings is 2. The van der Waals surface area contributed by atoms with E-state index in [0.29, 0.717) is 37.4 Å². The third kappa shape index (κ3) is 4.03. The molecule has 0 aromatic heterocycles. The number of benzene rings is 1. The van der Waals surface area contributed by atoms with E-state index in [1.54, 1.807) is 4.90 Å². The molecule has 0 N–H and O–H groups in total. The van der Waals surface area contributed by atoms with E-state index in [4.69, 9.17) is 0 Å². The van der Waals surface area contributed by atoms with Gasteiger partial charge in [0.25, 0.3) is 11.6 Å². The first-order chi connectivity index (χ1) is 12.5. The predicted octanol–water partition coefficient (Wildman–Crippen LogP) is 2.71. The fourth-order valence-corrected chi connectivity index (χ4v) is 3.89. The Morgan fingerprint density at radius 2 is 1.69 bits per heavy atom. The first kappa shape index (κ1) is 18.4. The van der Waals surface area contributed by atoms with Crippen LogP contribution in [0.5, 0.6) is 0 Å². The number of nitro benzene ring substituents is 1. The minimum Gasteiger partial charge on any atom is -0.342 e. The molecular formula is C19H25N3O4. The zero-order chi connectivity index (χ0) is 18.7. The number of non-ortho nitro benzene ring substituents is 1. The molecule has 2 heterocycles. The summed E-state index contributed by atoms with van der Waals surface area (Å²) in [5, 5.41) is 10.7. The molecule has 0 saturated carbocycles. The number of amides is 2. The second-order valence-electron chi connectivity index (χ2n) is 7.40. The molecule has 7 heteroatoms. The minimum absolute atomic E-state index is 0.00112. The van der Waals surface area contributed by atoms with Gasteiger partial charge in [0.2, 0.25) is 5.91 Å².